The molecule has 1 aliphatic rings. The van der Waals surface area contributed by atoms with Crippen molar-refractivity contribution >= 4 is 16.8 Å². The third-order valence-electron chi connectivity index (χ3n) is 5.21. The Bertz CT molecular complexity index is 1130. The number of carbonyl (C=O) groups excluding carboxylic acids is 1. The molecule has 0 aliphatic heterocycles. The summed E-state index contributed by atoms with van der Waals surface area (Å²) in [5.41, 5.74) is 2.23. The Morgan fingerprint density at radius 1 is 1.39 bits per heavy atom. The van der Waals surface area contributed by atoms with Gasteiger partial charge in [0, 0.05) is 18.4 Å². The van der Waals surface area contributed by atoms with Crippen LogP contribution in [0.5, 0.6) is 0 Å². The van der Waals surface area contributed by atoms with Crippen LogP contribution in [0.4, 0.5) is 4.39 Å². The lowest BCUT2D eigenvalue weighted by molar-refractivity contribution is -0.122. The lowest BCUT2D eigenvalue weighted by atomic mass is 10.1. The highest BCUT2D eigenvalue weighted by Crippen LogP contribution is 2.41. The zero-order chi connectivity index (χ0) is 20.0. The molecule has 28 heavy (non-hydrogen) atoms. The van der Waals surface area contributed by atoms with Crippen molar-refractivity contribution in [3.05, 3.63) is 57.4 Å². The van der Waals surface area contributed by atoms with Gasteiger partial charge in [0.2, 0.25) is 5.91 Å². The number of aromatic nitrogens is 4. The summed E-state index contributed by atoms with van der Waals surface area (Å²) in [5, 5.41) is 12.2. The van der Waals surface area contributed by atoms with Crippen LogP contribution in [-0.2, 0) is 18.4 Å². The van der Waals surface area contributed by atoms with Crippen LogP contribution in [0, 0.1) is 12.7 Å². The van der Waals surface area contributed by atoms with E-state index in [1.165, 1.54) is 6.07 Å². The van der Waals surface area contributed by atoms with Crippen LogP contribution in [0.1, 0.15) is 48.5 Å². The average molecular weight is 383 g/mol. The van der Waals surface area contributed by atoms with E-state index in [1.54, 1.807) is 43.9 Å². The van der Waals surface area contributed by atoms with E-state index < -0.39 is 0 Å². The highest BCUT2D eigenvalue weighted by atomic mass is 19.1. The highest BCUT2D eigenvalue weighted by molar-refractivity contribution is 5.81. The molecule has 1 aromatic carbocycles. The molecular weight excluding hydrogens is 361 g/mol. The molecule has 146 valence electrons. The van der Waals surface area contributed by atoms with Gasteiger partial charge in [-0.2, -0.15) is 10.2 Å². The first-order valence-electron chi connectivity index (χ1n) is 9.33. The third kappa shape index (κ3) is 3.30. The minimum absolute atomic E-state index is 0.211. The average Bonchev–Trinajstić information content (AvgIpc) is 3.43. The second kappa shape index (κ2) is 6.85. The summed E-state index contributed by atoms with van der Waals surface area (Å²) >= 11 is 0. The van der Waals surface area contributed by atoms with Crippen molar-refractivity contribution in [3.63, 3.8) is 0 Å². The lowest BCUT2D eigenvalue weighted by Gasteiger charge is -2.15. The van der Waals surface area contributed by atoms with Gasteiger partial charge in [0.05, 0.1) is 17.9 Å². The maximum Gasteiger partial charge on any atom is 0.293 e. The lowest BCUT2D eigenvalue weighted by Crippen LogP contribution is -2.35. The highest BCUT2D eigenvalue weighted by Gasteiger charge is 2.30. The number of nitrogens with one attached hydrogen (secondary N) is 1. The van der Waals surface area contributed by atoms with Gasteiger partial charge in [0.25, 0.3) is 5.56 Å². The van der Waals surface area contributed by atoms with Crippen molar-refractivity contribution in [1.29, 1.82) is 0 Å². The predicted molar refractivity (Wildman–Crippen MR) is 102 cm³/mol. The Balaban J connectivity index is 1.53. The number of amides is 1. The Labute approximate surface area is 161 Å². The topological polar surface area (TPSA) is 81.8 Å². The van der Waals surface area contributed by atoms with E-state index in [0.29, 0.717) is 22.6 Å². The van der Waals surface area contributed by atoms with Crippen LogP contribution in [0.3, 0.4) is 0 Å². The SMILES string of the molecule is Cc1ccc([C@H](C)NC(=O)Cn2ncc3c(C4CC4)nn(C)c3c2=O)cc1F. The zero-order valence-corrected chi connectivity index (χ0v) is 16.1. The molecule has 0 bridgehead atoms. The molecule has 0 radical (unpaired) electrons. The largest absolute Gasteiger partial charge is 0.348 e. The van der Waals surface area contributed by atoms with E-state index in [2.05, 4.69) is 15.5 Å². The van der Waals surface area contributed by atoms with Crippen molar-refractivity contribution in [1.82, 2.24) is 24.9 Å². The minimum atomic E-state index is -0.389. The molecule has 1 atom stereocenters. The Morgan fingerprint density at radius 2 is 2.14 bits per heavy atom. The molecule has 0 unspecified atom stereocenters. The number of rotatable bonds is 5. The second-order valence-electron chi connectivity index (χ2n) is 7.45. The first-order chi connectivity index (χ1) is 13.3. The maximum atomic E-state index is 13.7. The minimum Gasteiger partial charge on any atom is -0.348 e. The molecule has 2 heterocycles. The molecular formula is C20H22FN5O2. The molecule has 1 amide bonds. The number of fused-ring (bicyclic) bond motifs is 1. The Morgan fingerprint density at radius 3 is 2.82 bits per heavy atom. The van der Waals surface area contributed by atoms with Gasteiger partial charge in [0.1, 0.15) is 17.9 Å². The third-order valence-corrected chi connectivity index (χ3v) is 5.21. The fraction of sp³-hybridized carbons (Fsp3) is 0.400. The number of hydrogen-bond acceptors (Lipinski definition) is 4. The predicted octanol–water partition coefficient (Wildman–Crippen LogP) is 2.33. The number of hydrogen-bond donors (Lipinski definition) is 1. The van der Waals surface area contributed by atoms with Gasteiger partial charge in [-0.3, -0.25) is 14.3 Å². The van der Waals surface area contributed by atoms with Gasteiger partial charge >= 0.3 is 0 Å². The number of aryl methyl sites for hydroxylation is 2. The Hall–Kier alpha value is -3.03. The van der Waals surface area contributed by atoms with Crippen molar-refractivity contribution in [3.8, 4) is 0 Å². The van der Waals surface area contributed by atoms with Gasteiger partial charge in [-0.1, -0.05) is 12.1 Å². The van der Waals surface area contributed by atoms with E-state index in [1.807, 2.05) is 0 Å². The number of benzene rings is 1. The monoisotopic (exact) mass is 383 g/mol. The molecule has 0 saturated heterocycles. The molecule has 1 aliphatic carbocycles. The van der Waals surface area contributed by atoms with E-state index >= 15 is 0 Å². The van der Waals surface area contributed by atoms with Gasteiger partial charge in [-0.25, -0.2) is 9.07 Å². The quantitative estimate of drug-likeness (QED) is 0.733. The summed E-state index contributed by atoms with van der Waals surface area (Å²) in [6.45, 7) is 3.24. The van der Waals surface area contributed by atoms with E-state index in [9.17, 15) is 14.0 Å². The van der Waals surface area contributed by atoms with Crippen LogP contribution >= 0.6 is 0 Å². The summed E-state index contributed by atoms with van der Waals surface area (Å²) in [5.74, 6) is -0.281. The van der Waals surface area contributed by atoms with Crippen LogP contribution in [0.15, 0.2) is 29.2 Å². The van der Waals surface area contributed by atoms with Crippen molar-refractivity contribution in [2.24, 2.45) is 7.05 Å². The summed E-state index contributed by atoms with van der Waals surface area (Å²) < 4.78 is 16.5. The summed E-state index contributed by atoms with van der Waals surface area (Å²) in [6, 6.07) is 4.47. The normalized spacial score (nSPS) is 15.0. The number of nitrogens with zero attached hydrogens (tertiary/aromatic N) is 4. The molecule has 7 nitrogen and oxygen atoms in total. The fourth-order valence-electron chi connectivity index (χ4n) is 3.40. The number of halogens is 1. The summed E-state index contributed by atoms with van der Waals surface area (Å²) in [7, 11) is 1.73. The van der Waals surface area contributed by atoms with Crippen LogP contribution in [0.25, 0.3) is 10.9 Å². The van der Waals surface area contributed by atoms with Crippen molar-refractivity contribution < 1.29 is 9.18 Å². The zero-order valence-electron chi connectivity index (χ0n) is 16.1. The van der Waals surface area contributed by atoms with Crippen LogP contribution < -0.4 is 10.9 Å². The smallest absolute Gasteiger partial charge is 0.293 e. The van der Waals surface area contributed by atoms with E-state index in [0.717, 1.165) is 28.6 Å². The fourth-order valence-corrected chi connectivity index (χ4v) is 3.40. The van der Waals surface area contributed by atoms with Crippen molar-refractivity contribution in [2.75, 3.05) is 0 Å². The Kier molecular flexibility index (Phi) is 4.49. The van der Waals surface area contributed by atoms with Crippen LogP contribution in [0.2, 0.25) is 0 Å². The second-order valence-corrected chi connectivity index (χ2v) is 7.45. The maximum absolute atomic E-state index is 13.7. The van der Waals surface area contributed by atoms with Gasteiger partial charge in [-0.05, 0) is 43.9 Å². The van der Waals surface area contributed by atoms with E-state index in [-0.39, 0.29) is 29.9 Å². The molecule has 0 spiro atoms. The summed E-state index contributed by atoms with van der Waals surface area (Å²) in [6.07, 6.45) is 3.77. The molecule has 2 aromatic heterocycles. The molecule has 1 fully saturated rings. The molecule has 8 heteroatoms. The van der Waals surface area contributed by atoms with Gasteiger partial charge < -0.3 is 5.32 Å². The molecule has 1 N–H and O–H groups in total. The molecule has 3 aromatic rings. The van der Waals surface area contributed by atoms with Gasteiger partial charge in [-0.15, -0.1) is 0 Å². The molecule has 4 rings (SSSR count). The molecule has 1 saturated carbocycles. The first-order valence-corrected chi connectivity index (χ1v) is 9.33. The van der Waals surface area contributed by atoms with Gasteiger partial charge in [0.15, 0.2) is 0 Å². The first kappa shape index (κ1) is 18.3. The van der Waals surface area contributed by atoms with E-state index in [4.69, 9.17) is 0 Å². The standard InChI is InChI=1S/C20H22FN5O2/c1-11-4-5-14(8-16(11)21)12(2)23-17(27)10-26-20(28)19-15(9-22-26)18(13-6-7-13)24-25(19)3/h4-5,8-9,12-13H,6-7,10H2,1-3H3,(H,23,27)/t12-/m0/s1. The van der Waals surface area contributed by atoms with Crippen LogP contribution in [-0.4, -0.2) is 25.5 Å². The number of carbonyl (C=O) groups is 1. The summed E-state index contributed by atoms with van der Waals surface area (Å²) in [4.78, 5) is 25.2. The van der Waals surface area contributed by atoms with Crippen molar-refractivity contribution in [2.45, 2.75) is 45.2 Å².